The van der Waals surface area contributed by atoms with Crippen LogP contribution in [0.5, 0.6) is 0 Å². The molecule has 0 aliphatic carbocycles. The molecule has 0 aromatic heterocycles. The summed E-state index contributed by atoms with van der Waals surface area (Å²) in [4.78, 5) is 0. The number of rotatable bonds is 13. The van der Waals surface area contributed by atoms with E-state index in [9.17, 15) is 5.11 Å². The van der Waals surface area contributed by atoms with Gasteiger partial charge in [-0.05, 0) is 12.5 Å². The Labute approximate surface area is 135 Å². The van der Waals surface area contributed by atoms with E-state index in [4.69, 9.17) is 14.6 Å². The van der Waals surface area contributed by atoms with E-state index in [1.54, 1.807) is 12.2 Å². The van der Waals surface area contributed by atoms with E-state index in [1.165, 1.54) is 57.8 Å². The van der Waals surface area contributed by atoms with Crippen LogP contribution in [0.15, 0.2) is 12.2 Å². The topological polar surface area (TPSA) is 58.9 Å². The summed E-state index contributed by atoms with van der Waals surface area (Å²) in [7, 11) is 0. The van der Waals surface area contributed by atoms with E-state index in [1.807, 2.05) is 0 Å². The van der Waals surface area contributed by atoms with Gasteiger partial charge in [-0.15, -0.1) is 0 Å². The fraction of sp³-hybridized carbons (Fsp3) is 0.889. The molecule has 0 radical (unpaired) electrons. The maximum atomic E-state index is 9.52. The summed E-state index contributed by atoms with van der Waals surface area (Å²) < 4.78 is 11.0. The number of unbranched alkanes of at least 4 members (excludes halogenated alkanes) is 9. The fourth-order valence-corrected chi connectivity index (χ4v) is 2.66. The lowest BCUT2D eigenvalue weighted by Gasteiger charge is -2.28. The second-order valence-electron chi connectivity index (χ2n) is 6.15. The van der Waals surface area contributed by atoms with Crippen LogP contribution in [0.2, 0.25) is 0 Å². The zero-order chi connectivity index (χ0) is 16.0. The lowest BCUT2D eigenvalue weighted by Crippen LogP contribution is -2.38. The Kier molecular flexibility index (Phi) is 11.6. The summed E-state index contributed by atoms with van der Waals surface area (Å²) in [5, 5.41) is 18.6. The quantitative estimate of drug-likeness (QED) is 0.403. The van der Waals surface area contributed by atoms with Crippen LogP contribution in [0.4, 0.5) is 0 Å². The Balaban J connectivity index is 1.88. The van der Waals surface area contributed by atoms with Crippen molar-refractivity contribution in [2.24, 2.45) is 0 Å². The van der Waals surface area contributed by atoms with Gasteiger partial charge in [0.1, 0.15) is 12.2 Å². The average Bonchev–Trinajstić information content (AvgIpc) is 2.54. The molecular formula is C18H34O4. The van der Waals surface area contributed by atoms with Gasteiger partial charge in [0.15, 0.2) is 6.29 Å². The van der Waals surface area contributed by atoms with E-state index in [0.717, 1.165) is 6.42 Å². The molecule has 0 saturated heterocycles. The highest BCUT2D eigenvalue weighted by atomic mass is 16.7. The summed E-state index contributed by atoms with van der Waals surface area (Å²) in [6.07, 6.45) is 14.7. The van der Waals surface area contributed by atoms with Gasteiger partial charge in [0, 0.05) is 0 Å². The largest absolute Gasteiger partial charge is 0.394 e. The first-order valence-corrected chi connectivity index (χ1v) is 9.02. The van der Waals surface area contributed by atoms with Crippen LogP contribution in [0.25, 0.3) is 0 Å². The summed E-state index contributed by atoms with van der Waals surface area (Å²) >= 11 is 0. The van der Waals surface area contributed by atoms with E-state index < -0.39 is 18.5 Å². The predicted octanol–water partition coefficient (Wildman–Crippen LogP) is 3.56. The molecule has 130 valence electrons. The number of aliphatic hydroxyl groups is 2. The van der Waals surface area contributed by atoms with Gasteiger partial charge < -0.3 is 19.7 Å². The van der Waals surface area contributed by atoms with E-state index in [0.29, 0.717) is 6.61 Å². The van der Waals surface area contributed by atoms with Crippen molar-refractivity contribution in [1.82, 2.24) is 0 Å². The normalized spacial score (nSPS) is 24.8. The Morgan fingerprint density at radius 3 is 2.09 bits per heavy atom. The van der Waals surface area contributed by atoms with Crippen molar-refractivity contribution in [3.63, 3.8) is 0 Å². The van der Waals surface area contributed by atoms with Gasteiger partial charge in [-0.2, -0.15) is 0 Å². The summed E-state index contributed by atoms with van der Waals surface area (Å²) in [6.45, 7) is 2.73. The van der Waals surface area contributed by atoms with Crippen LogP contribution in [-0.4, -0.2) is 41.9 Å². The summed E-state index contributed by atoms with van der Waals surface area (Å²) in [5.41, 5.74) is 0. The lowest BCUT2D eigenvalue weighted by atomic mass is 10.1. The molecule has 2 N–H and O–H groups in total. The number of aliphatic hydroxyl groups excluding tert-OH is 2. The number of hydrogen-bond acceptors (Lipinski definition) is 4. The molecule has 4 nitrogen and oxygen atoms in total. The molecule has 0 bridgehead atoms. The standard InChI is InChI=1S/C18H34O4/c1-2-3-4-5-6-7-8-9-10-11-14-21-18-13-12-16(20)17(15-19)22-18/h12-13,16-20H,2-11,14-15H2,1H3/t16-,17+,18?/m0/s1. The Morgan fingerprint density at radius 1 is 0.909 bits per heavy atom. The lowest BCUT2D eigenvalue weighted by molar-refractivity contribution is -0.180. The van der Waals surface area contributed by atoms with Gasteiger partial charge in [0.25, 0.3) is 0 Å². The molecule has 1 rings (SSSR count). The van der Waals surface area contributed by atoms with Crippen LogP contribution in [0.1, 0.15) is 71.1 Å². The van der Waals surface area contributed by atoms with Crippen molar-refractivity contribution in [3.05, 3.63) is 12.2 Å². The molecule has 0 amide bonds. The molecule has 4 heteroatoms. The van der Waals surface area contributed by atoms with Crippen LogP contribution in [-0.2, 0) is 9.47 Å². The zero-order valence-corrected chi connectivity index (χ0v) is 14.1. The Morgan fingerprint density at radius 2 is 1.50 bits per heavy atom. The molecule has 0 saturated carbocycles. The smallest absolute Gasteiger partial charge is 0.177 e. The molecule has 1 unspecified atom stereocenters. The summed E-state index contributed by atoms with van der Waals surface area (Å²) in [6, 6.07) is 0. The van der Waals surface area contributed by atoms with Crippen LogP contribution < -0.4 is 0 Å². The van der Waals surface area contributed by atoms with Crippen LogP contribution in [0.3, 0.4) is 0 Å². The molecule has 1 aliphatic rings. The second-order valence-corrected chi connectivity index (χ2v) is 6.15. The first-order valence-electron chi connectivity index (χ1n) is 9.02. The van der Waals surface area contributed by atoms with Gasteiger partial charge in [-0.25, -0.2) is 0 Å². The molecule has 0 aromatic rings. The van der Waals surface area contributed by atoms with Crippen molar-refractivity contribution in [2.75, 3.05) is 13.2 Å². The monoisotopic (exact) mass is 314 g/mol. The summed E-state index contributed by atoms with van der Waals surface area (Å²) in [5.74, 6) is 0. The van der Waals surface area contributed by atoms with Crippen LogP contribution >= 0.6 is 0 Å². The molecule has 1 heterocycles. The molecule has 1 aliphatic heterocycles. The molecule has 0 spiro atoms. The highest BCUT2D eigenvalue weighted by molar-refractivity contribution is 4.99. The third-order valence-corrected chi connectivity index (χ3v) is 4.12. The van der Waals surface area contributed by atoms with Gasteiger partial charge in [0.2, 0.25) is 0 Å². The second kappa shape index (κ2) is 13.1. The maximum Gasteiger partial charge on any atom is 0.177 e. The first-order chi connectivity index (χ1) is 10.8. The Hall–Kier alpha value is -0.420. The van der Waals surface area contributed by atoms with E-state index in [-0.39, 0.29) is 6.61 Å². The Bertz CT molecular complexity index is 280. The van der Waals surface area contributed by atoms with Crippen LogP contribution in [0, 0.1) is 0 Å². The number of hydrogen-bond donors (Lipinski definition) is 2. The molecule has 3 atom stereocenters. The number of ether oxygens (including phenoxy) is 2. The minimum Gasteiger partial charge on any atom is -0.394 e. The average molecular weight is 314 g/mol. The molecule has 0 fully saturated rings. The zero-order valence-electron chi connectivity index (χ0n) is 14.1. The first kappa shape index (κ1) is 19.6. The van der Waals surface area contributed by atoms with Crippen molar-refractivity contribution in [1.29, 1.82) is 0 Å². The maximum absolute atomic E-state index is 9.52. The minimum atomic E-state index is -0.734. The third kappa shape index (κ3) is 8.89. The van der Waals surface area contributed by atoms with Gasteiger partial charge >= 0.3 is 0 Å². The highest BCUT2D eigenvalue weighted by Gasteiger charge is 2.24. The van der Waals surface area contributed by atoms with E-state index >= 15 is 0 Å². The van der Waals surface area contributed by atoms with Crippen molar-refractivity contribution >= 4 is 0 Å². The molecule has 22 heavy (non-hydrogen) atoms. The van der Waals surface area contributed by atoms with E-state index in [2.05, 4.69) is 6.92 Å². The predicted molar refractivity (Wildman–Crippen MR) is 88.7 cm³/mol. The fourth-order valence-electron chi connectivity index (χ4n) is 2.66. The SMILES string of the molecule is CCCCCCCCCCCCOC1C=C[C@H](O)[C@@H](CO)O1. The molecule has 0 aromatic carbocycles. The van der Waals surface area contributed by atoms with Gasteiger partial charge in [0.05, 0.1) is 13.2 Å². The van der Waals surface area contributed by atoms with Crippen molar-refractivity contribution in [3.8, 4) is 0 Å². The van der Waals surface area contributed by atoms with Crippen molar-refractivity contribution < 1.29 is 19.7 Å². The highest BCUT2D eigenvalue weighted by Crippen LogP contribution is 2.15. The van der Waals surface area contributed by atoms with Gasteiger partial charge in [-0.1, -0.05) is 70.8 Å². The molecular weight excluding hydrogens is 280 g/mol. The minimum absolute atomic E-state index is 0.191. The van der Waals surface area contributed by atoms with Gasteiger partial charge in [-0.3, -0.25) is 0 Å². The third-order valence-electron chi connectivity index (χ3n) is 4.12. The van der Waals surface area contributed by atoms with Crippen molar-refractivity contribution in [2.45, 2.75) is 89.6 Å².